The number of hydrogen-bond acceptors (Lipinski definition) is 4. The highest BCUT2D eigenvalue weighted by molar-refractivity contribution is 9.10. The van der Waals surface area contributed by atoms with Crippen LogP contribution in [0.5, 0.6) is 11.5 Å². The van der Waals surface area contributed by atoms with Crippen molar-refractivity contribution in [1.82, 2.24) is 0 Å². The molecule has 1 aliphatic heterocycles. The molecule has 0 saturated heterocycles. The van der Waals surface area contributed by atoms with Crippen molar-refractivity contribution in [2.75, 3.05) is 7.11 Å². The summed E-state index contributed by atoms with van der Waals surface area (Å²) in [5.74, 6) is 0.666. The van der Waals surface area contributed by atoms with Gasteiger partial charge in [0.05, 0.1) is 24.5 Å². The van der Waals surface area contributed by atoms with E-state index in [1.54, 1.807) is 7.11 Å². The lowest BCUT2D eigenvalue weighted by Crippen LogP contribution is -2.41. The van der Waals surface area contributed by atoms with E-state index in [2.05, 4.69) is 22.0 Å². The number of halogens is 1. The van der Waals surface area contributed by atoms with Gasteiger partial charge >= 0.3 is 0 Å². The molecule has 0 unspecified atom stereocenters. The second-order valence-electron chi connectivity index (χ2n) is 6.83. The molecule has 5 nitrogen and oxygen atoms in total. The van der Waals surface area contributed by atoms with Gasteiger partial charge in [-0.1, -0.05) is 34.5 Å². The van der Waals surface area contributed by atoms with Crippen molar-refractivity contribution >= 4 is 21.8 Å². The fourth-order valence-corrected chi connectivity index (χ4v) is 5.21. The number of primary amides is 1. The average molecular weight is 394 g/mol. The van der Waals surface area contributed by atoms with Crippen molar-refractivity contribution in [3.8, 4) is 11.5 Å². The number of aliphatic hydroxyl groups is 1. The highest BCUT2D eigenvalue weighted by atomic mass is 79.9. The molecule has 0 saturated carbocycles. The first-order valence-electron chi connectivity index (χ1n) is 8.22. The van der Waals surface area contributed by atoms with E-state index >= 15 is 0 Å². The SMILES string of the molecule is COc1cc(Br)c2c3c1O[C@H]1C[C@@H](O)C=C[C@@]31CCC[C@H]2C(N)=O. The minimum absolute atomic E-state index is 0.152. The Morgan fingerprint density at radius 2 is 2.33 bits per heavy atom. The molecule has 1 aromatic carbocycles. The standard InChI is InChI=1S/C18H20BrNO4/c1-23-12-8-11(19)14-10(17(20)22)3-2-5-18-6-4-9(21)7-13(18)24-16(12)15(14)18/h4,6,8-10,13,21H,2-3,5,7H2,1H3,(H2,20,22)/t9-,10+,13-,18+/m0/s1. The fourth-order valence-electron chi connectivity index (χ4n) is 4.53. The predicted octanol–water partition coefficient (Wildman–Crippen LogP) is 2.53. The Balaban J connectivity index is 2.03. The number of hydrogen-bond donors (Lipinski definition) is 2. The summed E-state index contributed by atoms with van der Waals surface area (Å²) < 4.78 is 12.6. The summed E-state index contributed by atoms with van der Waals surface area (Å²) >= 11 is 3.61. The van der Waals surface area contributed by atoms with Crippen LogP contribution in [0.15, 0.2) is 22.7 Å². The molecule has 0 bridgehead atoms. The summed E-state index contributed by atoms with van der Waals surface area (Å²) in [4.78, 5) is 12.1. The first-order valence-corrected chi connectivity index (χ1v) is 9.01. The lowest BCUT2D eigenvalue weighted by Gasteiger charge is -2.35. The summed E-state index contributed by atoms with van der Waals surface area (Å²) in [6.07, 6.45) is 6.24. The number of carbonyl (C=O) groups excluding carboxylic acids is 1. The number of methoxy groups -OCH3 is 1. The van der Waals surface area contributed by atoms with Crippen LogP contribution in [-0.2, 0) is 10.2 Å². The van der Waals surface area contributed by atoms with Crippen LogP contribution < -0.4 is 15.2 Å². The summed E-state index contributed by atoms with van der Waals surface area (Å²) in [6, 6.07) is 1.85. The van der Waals surface area contributed by atoms with Crippen LogP contribution in [0, 0.1) is 0 Å². The summed E-state index contributed by atoms with van der Waals surface area (Å²) in [5, 5.41) is 10.0. The van der Waals surface area contributed by atoms with Crippen LogP contribution in [0.25, 0.3) is 0 Å². The van der Waals surface area contributed by atoms with E-state index in [0.29, 0.717) is 17.9 Å². The molecule has 6 heteroatoms. The van der Waals surface area contributed by atoms with Crippen LogP contribution in [0.2, 0.25) is 0 Å². The van der Waals surface area contributed by atoms with Gasteiger partial charge < -0.3 is 20.3 Å². The van der Waals surface area contributed by atoms with Gasteiger partial charge in [0.25, 0.3) is 0 Å². The zero-order valence-electron chi connectivity index (χ0n) is 13.4. The maximum absolute atomic E-state index is 12.1. The zero-order valence-corrected chi connectivity index (χ0v) is 15.0. The molecule has 0 fully saturated rings. The molecule has 24 heavy (non-hydrogen) atoms. The molecule has 3 aliphatic rings. The number of carbonyl (C=O) groups is 1. The summed E-state index contributed by atoms with van der Waals surface area (Å²) in [5.41, 5.74) is 7.30. The van der Waals surface area contributed by atoms with Gasteiger partial charge in [0.1, 0.15) is 6.10 Å². The molecule has 3 N–H and O–H groups in total. The van der Waals surface area contributed by atoms with Gasteiger partial charge in [0.2, 0.25) is 5.91 Å². The van der Waals surface area contributed by atoms with Crippen LogP contribution in [0.3, 0.4) is 0 Å². The Morgan fingerprint density at radius 3 is 3.04 bits per heavy atom. The van der Waals surface area contributed by atoms with Crippen molar-refractivity contribution in [2.24, 2.45) is 5.73 Å². The van der Waals surface area contributed by atoms with Gasteiger partial charge in [-0.15, -0.1) is 0 Å². The van der Waals surface area contributed by atoms with E-state index in [4.69, 9.17) is 15.2 Å². The number of ether oxygens (including phenoxy) is 2. The number of benzene rings is 1. The molecule has 4 atom stereocenters. The molecular formula is C18H20BrNO4. The minimum atomic E-state index is -0.511. The number of rotatable bonds is 2. The van der Waals surface area contributed by atoms with Crippen molar-refractivity contribution in [1.29, 1.82) is 0 Å². The maximum atomic E-state index is 12.1. The molecule has 1 amide bonds. The van der Waals surface area contributed by atoms with Crippen molar-refractivity contribution in [2.45, 2.75) is 49.2 Å². The quantitative estimate of drug-likeness (QED) is 0.756. The molecule has 1 heterocycles. The maximum Gasteiger partial charge on any atom is 0.225 e. The molecule has 1 aromatic rings. The van der Waals surface area contributed by atoms with Crippen molar-refractivity contribution in [3.05, 3.63) is 33.8 Å². The molecule has 0 radical (unpaired) electrons. The monoisotopic (exact) mass is 393 g/mol. The van der Waals surface area contributed by atoms with Crippen molar-refractivity contribution < 1.29 is 19.4 Å². The van der Waals surface area contributed by atoms with Gasteiger partial charge in [0.15, 0.2) is 11.5 Å². The Hall–Kier alpha value is -1.53. The Kier molecular flexibility index (Phi) is 3.65. The molecule has 1 spiro atoms. The van der Waals surface area contributed by atoms with E-state index in [1.165, 1.54) is 0 Å². The minimum Gasteiger partial charge on any atom is -0.493 e. The van der Waals surface area contributed by atoms with Gasteiger partial charge in [0, 0.05) is 16.5 Å². The van der Waals surface area contributed by atoms with E-state index in [0.717, 1.165) is 34.9 Å². The average Bonchev–Trinajstić information content (AvgIpc) is 2.75. The first-order chi connectivity index (χ1) is 11.5. The van der Waals surface area contributed by atoms with Gasteiger partial charge in [-0.3, -0.25) is 4.79 Å². The number of amides is 1. The molecule has 128 valence electrons. The second kappa shape index (κ2) is 5.49. The lowest BCUT2D eigenvalue weighted by atomic mass is 9.68. The van der Waals surface area contributed by atoms with Gasteiger partial charge in [-0.05, 0) is 24.5 Å². The van der Waals surface area contributed by atoms with E-state index in [-0.39, 0.29) is 23.3 Å². The number of nitrogens with two attached hydrogens (primary N) is 1. The molecule has 2 aliphatic carbocycles. The van der Waals surface area contributed by atoms with Crippen molar-refractivity contribution in [3.63, 3.8) is 0 Å². The van der Waals surface area contributed by atoms with E-state index < -0.39 is 6.10 Å². The highest BCUT2D eigenvalue weighted by Gasteiger charge is 2.54. The third-order valence-corrected chi connectivity index (χ3v) is 6.26. The predicted molar refractivity (Wildman–Crippen MR) is 92.3 cm³/mol. The Morgan fingerprint density at radius 1 is 1.54 bits per heavy atom. The zero-order chi connectivity index (χ0) is 17.1. The molecule has 4 rings (SSSR count). The third-order valence-electron chi connectivity index (χ3n) is 5.60. The summed E-state index contributed by atoms with van der Waals surface area (Å²) in [7, 11) is 1.61. The third kappa shape index (κ3) is 2.05. The van der Waals surface area contributed by atoms with Gasteiger partial charge in [-0.2, -0.15) is 0 Å². The van der Waals surface area contributed by atoms with E-state index in [9.17, 15) is 9.90 Å². The molecular weight excluding hydrogens is 374 g/mol. The number of aliphatic hydroxyl groups excluding tert-OH is 1. The fraction of sp³-hybridized carbons (Fsp3) is 0.500. The van der Waals surface area contributed by atoms with E-state index in [1.807, 2.05) is 12.1 Å². The van der Waals surface area contributed by atoms with Crippen LogP contribution in [-0.4, -0.2) is 30.3 Å². The van der Waals surface area contributed by atoms with Crippen LogP contribution in [0.4, 0.5) is 0 Å². The largest absolute Gasteiger partial charge is 0.493 e. The van der Waals surface area contributed by atoms with Crippen LogP contribution in [0.1, 0.15) is 42.7 Å². The first kappa shape index (κ1) is 16.0. The Labute approximate surface area is 148 Å². The lowest BCUT2D eigenvalue weighted by molar-refractivity contribution is -0.119. The van der Waals surface area contributed by atoms with Gasteiger partial charge in [-0.25, -0.2) is 0 Å². The molecule has 0 aromatic heterocycles. The normalized spacial score (nSPS) is 33.2. The summed E-state index contributed by atoms with van der Waals surface area (Å²) in [6.45, 7) is 0. The second-order valence-corrected chi connectivity index (χ2v) is 7.69. The highest BCUT2D eigenvalue weighted by Crippen LogP contribution is 2.59. The Bertz CT molecular complexity index is 747. The van der Waals surface area contributed by atoms with Crippen LogP contribution >= 0.6 is 15.9 Å². The smallest absolute Gasteiger partial charge is 0.225 e. The topological polar surface area (TPSA) is 81.8 Å².